The minimum Gasteiger partial charge on any atom is -0.492 e. The van der Waals surface area contributed by atoms with Gasteiger partial charge in [0.2, 0.25) is 0 Å². The number of carbonyl (C=O) groups is 1. The van der Waals surface area contributed by atoms with Crippen molar-refractivity contribution in [3.05, 3.63) is 47.5 Å². The van der Waals surface area contributed by atoms with E-state index >= 15 is 0 Å². The van der Waals surface area contributed by atoms with Crippen LogP contribution in [0.25, 0.3) is 0 Å². The van der Waals surface area contributed by atoms with Crippen LogP contribution in [0.3, 0.4) is 0 Å². The zero-order chi connectivity index (χ0) is 13.7. The van der Waals surface area contributed by atoms with Gasteiger partial charge in [0.1, 0.15) is 11.3 Å². The minimum atomic E-state index is -0.977. The third kappa shape index (κ3) is 3.13. The summed E-state index contributed by atoms with van der Waals surface area (Å²) in [6, 6.07) is 5.15. The maximum absolute atomic E-state index is 11.2. The fourth-order valence-electron chi connectivity index (χ4n) is 1.85. The molecule has 0 aliphatic carbocycles. The van der Waals surface area contributed by atoms with Crippen molar-refractivity contribution in [2.75, 3.05) is 6.61 Å². The van der Waals surface area contributed by atoms with Gasteiger partial charge in [-0.15, -0.1) is 0 Å². The van der Waals surface area contributed by atoms with Gasteiger partial charge in [0.25, 0.3) is 0 Å². The number of aromatic nitrogens is 2. The number of carboxylic acids is 1. The van der Waals surface area contributed by atoms with Gasteiger partial charge in [-0.1, -0.05) is 19.1 Å². The second-order valence-electron chi connectivity index (χ2n) is 4.18. The van der Waals surface area contributed by atoms with E-state index in [2.05, 4.69) is 9.97 Å². The summed E-state index contributed by atoms with van der Waals surface area (Å²) in [6.45, 7) is 2.48. The van der Waals surface area contributed by atoms with E-state index in [-0.39, 0.29) is 5.56 Å². The number of imidazole rings is 1. The van der Waals surface area contributed by atoms with Crippen molar-refractivity contribution >= 4 is 5.97 Å². The van der Waals surface area contributed by atoms with Gasteiger partial charge in [0, 0.05) is 18.2 Å². The van der Waals surface area contributed by atoms with Crippen LogP contribution in [0.5, 0.6) is 5.75 Å². The van der Waals surface area contributed by atoms with E-state index in [9.17, 15) is 9.90 Å². The average molecular weight is 260 g/mol. The molecule has 0 amide bonds. The number of ether oxygens (including phenoxy) is 1. The van der Waals surface area contributed by atoms with E-state index < -0.39 is 5.97 Å². The third-order valence-corrected chi connectivity index (χ3v) is 2.70. The molecular weight excluding hydrogens is 244 g/mol. The molecule has 100 valence electrons. The lowest BCUT2D eigenvalue weighted by Crippen LogP contribution is -2.07. The molecule has 1 aromatic carbocycles. The molecule has 0 unspecified atom stereocenters. The van der Waals surface area contributed by atoms with Crippen LogP contribution in [0.4, 0.5) is 0 Å². The first-order chi connectivity index (χ1) is 9.22. The second kappa shape index (κ2) is 6.04. The number of hydrogen-bond donors (Lipinski definition) is 2. The van der Waals surface area contributed by atoms with Crippen molar-refractivity contribution in [1.29, 1.82) is 0 Å². The molecular formula is C14H16N2O3. The number of rotatable bonds is 6. The Balaban J connectivity index is 2.35. The molecule has 0 saturated heterocycles. The summed E-state index contributed by atoms with van der Waals surface area (Å²) in [6.07, 6.45) is 4.76. The number of carboxylic acid groups (broad SMARTS) is 1. The smallest absolute Gasteiger partial charge is 0.339 e. The van der Waals surface area contributed by atoms with Crippen LogP contribution < -0.4 is 4.74 Å². The Morgan fingerprint density at radius 2 is 2.32 bits per heavy atom. The van der Waals surface area contributed by atoms with Crippen LogP contribution in [0, 0.1) is 0 Å². The van der Waals surface area contributed by atoms with Crippen LogP contribution in [0.15, 0.2) is 30.7 Å². The predicted octanol–water partition coefficient (Wildman–Crippen LogP) is 2.49. The summed E-state index contributed by atoms with van der Waals surface area (Å²) in [7, 11) is 0. The number of para-hydroxylation sites is 1. The van der Waals surface area contributed by atoms with Crippen molar-refractivity contribution in [3.8, 4) is 5.75 Å². The summed E-state index contributed by atoms with van der Waals surface area (Å²) >= 11 is 0. The molecule has 2 aromatic rings. The van der Waals surface area contributed by atoms with Crippen LogP contribution >= 0.6 is 0 Å². The lowest BCUT2D eigenvalue weighted by Gasteiger charge is -2.13. The fourth-order valence-corrected chi connectivity index (χ4v) is 1.85. The molecule has 19 heavy (non-hydrogen) atoms. The number of aromatic carboxylic acids is 1. The minimum absolute atomic E-state index is 0.196. The van der Waals surface area contributed by atoms with Crippen molar-refractivity contribution in [2.45, 2.75) is 19.8 Å². The first kappa shape index (κ1) is 13.1. The highest BCUT2D eigenvalue weighted by atomic mass is 16.5. The van der Waals surface area contributed by atoms with E-state index in [0.717, 1.165) is 17.7 Å². The number of aromatic amines is 1. The van der Waals surface area contributed by atoms with E-state index in [4.69, 9.17) is 4.74 Å². The Morgan fingerprint density at radius 1 is 1.47 bits per heavy atom. The molecule has 1 heterocycles. The predicted molar refractivity (Wildman–Crippen MR) is 70.6 cm³/mol. The molecule has 0 bridgehead atoms. The normalized spacial score (nSPS) is 10.4. The number of benzene rings is 1. The molecule has 0 spiro atoms. The molecule has 1 aromatic heterocycles. The molecule has 0 saturated carbocycles. The molecule has 2 rings (SSSR count). The monoisotopic (exact) mass is 260 g/mol. The van der Waals surface area contributed by atoms with Crippen molar-refractivity contribution in [2.24, 2.45) is 0 Å². The summed E-state index contributed by atoms with van der Waals surface area (Å²) in [5.41, 5.74) is 1.88. The summed E-state index contributed by atoms with van der Waals surface area (Å²) < 4.78 is 5.61. The van der Waals surface area contributed by atoms with Crippen molar-refractivity contribution in [3.63, 3.8) is 0 Å². The van der Waals surface area contributed by atoms with Gasteiger partial charge >= 0.3 is 5.97 Å². The van der Waals surface area contributed by atoms with Crippen LogP contribution in [0.2, 0.25) is 0 Å². The standard InChI is InChI=1S/C14H16N2O3/c1-2-6-19-13-10(7-11-8-15-9-16-11)4-3-5-12(13)14(17)18/h3-5,8-9H,2,6-7H2,1H3,(H,15,16)(H,17,18). The topological polar surface area (TPSA) is 75.2 Å². The van der Waals surface area contributed by atoms with E-state index in [0.29, 0.717) is 18.8 Å². The lowest BCUT2D eigenvalue weighted by atomic mass is 10.0. The fraction of sp³-hybridized carbons (Fsp3) is 0.286. The summed E-state index contributed by atoms with van der Waals surface area (Å²) in [5, 5.41) is 9.21. The molecule has 0 aliphatic rings. The number of H-pyrrole nitrogens is 1. The quantitative estimate of drug-likeness (QED) is 0.836. The Hall–Kier alpha value is -2.30. The second-order valence-corrected chi connectivity index (χ2v) is 4.18. The maximum Gasteiger partial charge on any atom is 0.339 e. The maximum atomic E-state index is 11.2. The Bertz CT molecular complexity index is 550. The zero-order valence-electron chi connectivity index (χ0n) is 10.7. The molecule has 5 heteroatoms. The molecule has 0 atom stereocenters. The number of nitrogens with one attached hydrogen (secondary N) is 1. The van der Waals surface area contributed by atoms with Gasteiger partial charge in [-0.2, -0.15) is 0 Å². The van der Waals surface area contributed by atoms with Crippen molar-refractivity contribution in [1.82, 2.24) is 9.97 Å². The average Bonchev–Trinajstić information content (AvgIpc) is 2.89. The van der Waals surface area contributed by atoms with E-state index in [1.54, 1.807) is 24.7 Å². The van der Waals surface area contributed by atoms with Crippen LogP contribution in [-0.4, -0.2) is 27.7 Å². The van der Waals surface area contributed by atoms with Gasteiger partial charge < -0.3 is 14.8 Å². The Morgan fingerprint density at radius 3 is 2.95 bits per heavy atom. The Kier molecular flexibility index (Phi) is 4.18. The number of nitrogens with zero attached hydrogens (tertiary/aromatic N) is 1. The Labute approximate surface area is 111 Å². The van der Waals surface area contributed by atoms with Gasteiger partial charge in [-0.3, -0.25) is 0 Å². The third-order valence-electron chi connectivity index (χ3n) is 2.70. The first-order valence-corrected chi connectivity index (χ1v) is 6.18. The lowest BCUT2D eigenvalue weighted by molar-refractivity contribution is 0.0692. The summed E-state index contributed by atoms with van der Waals surface area (Å²) in [4.78, 5) is 18.3. The summed E-state index contributed by atoms with van der Waals surface area (Å²) in [5.74, 6) is -0.533. The van der Waals surface area contributed by atoms with Gasteiger partial charge in [-0.05, 0) is 12.5 Å². The first-order valence-electron chi connectivity index (χ1n) is 6.18. The van der Waals surface area contributed by atoms with E-state index in [1.807, 2.05) is 13.0 Å². The highest BCUT2D eigenvalue weighted by molar-refractivity contribution is 5.91. The highest BCUT2D eigenvalue weighted by Crippen LogP contribution is 2.26. The highest BCUT2D eigenvalue weighted by Gasteiger charge is 2.16. The van der Waals surface area contributed by atoms with Crippen LogP contribution in [0.1, 0.15) is 35.0 Å². The molecule has 0 radical (unpaired) electrons. The molecule has 5 nitrogen and oxygen atoms in total. The van der Waals surface area contributed by atoms with Crippen molar-refractivity contribution < 1.29 is 14.6 Å². The number of hydrogen-bond acceptors (Lipinski definition) is 3. The van der Waals surface area contributed by atoms with Gasteiger partial charge in [0.15, 0.2) is 0 Å². The SMILES string of the molecule is CCCOc1c(Cc2c[nH]cn2)cccc1C(=O)O. The molecule has 0 fully saturated rings. The molecule has 0 aliphatic heterocycles. The largest absolute Gasteiger partial charge is 0.492 e. The van der Waals surface area contributed by atoms with Gasteiger partial charge in [-0.25, -0.2) is 9.78 Å². The van der Waals surface area contributed by atoms with Gasteiger partial charge in [0.05, 0.1) is 18.6 Å². The zero-order valence-corrected chi connectivity index (χ0v) is 10.7. The molecule has 2 N–H and O–H groups in total. The van der Waals surface area contributed by atoms with E-state index in [1.165, 1.54) is 0 Å². The van der Waals surface area contributed by atoms with Crippen LogP contribution in [-0.2, 0) is 6.42 Å².